The van der Waals surface area contributed by atoms with Crippen LogP contribution in [0.4, 0.5) is 5.69 Å². The second-order valence-electron chi connectivity index (χ2n) is 4.07. The molecule has 6 nitrogen and oxygen atoms in total. The minimum atomic E-state index is -3.62. The predicted molar refractivity (Wildman–Crippen MR) is 68.0 cm³/mol. The molecular formula is C11H16N2O4S. The molecule has 1 aromatic rings. The number of aromatic hydroxyl groups is 1. The zero-order chi connectivity index (χ0) is 13.2. The second-order valence-corrected chi connectivity index (χ2v) is 5.74. The number of hydrogen-bond acceptors (Lipinski definition) is 4. The molecule has 0 aliphatic carbocycles. The van der Waals surface area contributed by atoms with E-state index in [-0.39, 0.29) is 17.2 Å². The smallest absolute Gasteiger partial charge is 0.301 e. The quantitative estimate of drug-likeness (QED) is 0.806. The van der Waals surface area contributed by atoms with Crippen molar-refractivity contribution >= 4 is 15.9 Å². The van der Waals surface area contributed by atoms with Gasteiger partial charge in [0, 0.05) is 13.1 Å². The van der Waals surface area contributed by atoms with Gasteiger partial charge in [-0.2, -0.15) is 12.7 Å². The topological polar surface area (TPSA) is 78.9 Å². The Balaban J connectivity index is 2.28. The molecule has 0 unspecified atom stereocenters. The second kappa shape index (κ2) is 5.03. The molecule has 2 rings (SSSR count). The van der Waals surface area contributed by atoms with E-state index in [1.165, 1.54) is 17.5 Å². The first-order chi connectivity index (χ1) is 8.54. The summed E-state index contributed by atoms with van der Waals surface area (Å²) in [4.78, 5) is 0. The number of benzene rings is 1. The van der Waals surface area contributed by atoms with Crippen molar-refractivity contribution in [2.75, 3.05) is 24.9 Å². The summed E-state index contributed by atoms with van der Waals surface area (Å²) in [6, 6.07) is 4.58. The molecule has 1 heterocycles. The molecule has 2 N–H and O–H groups in total. The van der Waals surface area contributed by atoms with E-state index in [9.17, 15) is 13.5 Å². The van der Waals surface area contributed by atoms with Gasteiger partial charge in [0.2, 0.25) is 0 Å². The van der Waals surface area contributed by atoms with Crippen LogP contribution < -0.4 is 9.46 Å². The summed E-state index contributed by atoms with van der Waals surface area (Å²) >= 11 is 0. The van der Waals surface area contributed by atoms with E-state index < -0.39 is 10.2 Å². The molecule has 0 saturated carbocycles. The van der Waals surface area contributed by atoms with Gasteiger partial charge in [-0.15, -0.1) is 0 Å². The highest BCUT2D eigenvalue weighted by molar-refractivity contribution is 7.90. The number of anilines is 1. The number of ether oxygens (including phenoxy) is 1. The fourth-order valence-electron chi connectivity index (χ4n) is 1.91. The van der Waals surface area contributed by atoms with Crippen LogP contribution in [0.5, 0.6) is 11.5 Å². The van der Waals surface area contributed by atoms with Crippen molar-refractivity contribution in [3.63, 3.8) is 0 Å². The fourth-order valence-corrected chi connectivity index (χ4v) is 3.25. The maximum atomic E-state index is 12.1. The molecule has 1 fully saturated rings. The van der Waals surface area contributed by atoms with Crippen molar-refractivity contribution < 1.29 is 18.3 Å². The van der Waals surface area contributed by atoms with Gasteiger partial charge in [-0.05, 0) is 25.0 Å². The Hall–Kier alpha value is -1.47. The van der Waals surface area contributed by atoms with Crippen LogP contribution in [-0.2, 0) is 10.2 Å². The van der Waals surface area contributed by atoms with Crippen LogP contribution in [0.15, 0.2) is 18.2 Å². The highest BCUT2D eigenvalue weighted by Gasteiger charge is 2.27. The summed E-state index contributed by atoms with van der Waals surface area (Å²) in [6.07, 6.45) is 1.72. The number of methoxy groups -OCH3 is 1. The van der Waals surface area contributed by atoms with E-state index in [1.807, 2.05) is 0 Å². The van der Waals surface area contributed by atoms with Gasteiger partial charge in [0.15, 0.2) is 0 Å². The number of para-hydroxylation sites is 1. The molecule has 1 aliphatic rings. The van der Waals surface area contributed by atoms with Gasteiger partial charge in [0.05, 0.1) is 7.11 Å². The van der Waals surface area contributed by atoms with Crippen LogP contribution in [0.1, 0.15) is 12.8 Å². The van der Waals surface area contributed by atoms with Crippen molar-refractivity contribution in [2.45, 2.75) is 12.8 Å². The summed E-state index contributed by atoms with van der Waals surface area (Å²) in [6.45, 7) is 1.01. The van der Waals surface area contributed by atoms with Crippen molar-refractivity contribution in [1.29, 1.82) is 0 Å². The number of hydrogen-bond donors (Lipinski definition) is 2. The van der Waals surface area contributed by atoms with Crippen molar-refractivity contribution in [2.24, 2.45) is 0 Å². The molecule has 0 bridgehead atoms. The lowest BCUT2D eigenvalue weighted by atomic mass is 10.3. The Morgan fingerprint density at radius 2 is 2.00 bits per heavy atom. The first-order valence-corrected chi connectivity index (χ1v) is 7.12. The van der Waals surface area contributed by atoms with E-state index in [1.54, 1.807) is 12.1 Å². The van der Waals surface area contributed by atoms with Gasteiger partial charge < -0.3 is 9.84 Å². The number of phenols is 1. The Bertz CT molecular complexity index is 524. The molecule has 0 spiro atoms. The fraction of sp³-hybridized carbons (Fsp3) is 0.455. The van der Waals surface area contributed by atoms with Crippen LogP contribution in [0.25, 0.3) is 0 Å². The van der Waals surface area contributed by atoms with Gasteiger partial charge in [-0.1, -0.05) is 6.07 Å². The SMILES string of the molecule is COc1cccc(O)c1NS(=O)(=O)N1CCCC1. The average molecular weight is 272 g/mol. The summed E-state index contributed by atoms with van der Waals surface area (Å²) in [5.74, 6) is 0.134. The average Bonchev–Trinajstić information content (AvgIpc) is 2.86. The number of nitrogens with zero attached hydrogens (tertiary/aromatic N) is 1. The van der Waals surface area contributed by atoms with E-state index in [0.717, 1.165) is 12.8 Å². The third kappa shape index (κ3) is 2.51. The number of nitrogens with one attached hydrogen (secondary N) is 1. The largest absolute Gasteiger partial charge is 0.506 e. The summed E-state index contributed by atoms with van der Waals surface area (Å²) in [5, 5.41) is 9.70. The maximum absolute atomic E-state index is 12.1. The van der Waals surface area contributed by atoms with E-state index in [0.29, 0.717) is 13.1 Å². The minimum Gasteiger partial charge on any atom is -0.506 e. The van der Waals surface area contributed by atoms with Crippen molar-refractivity contribution in [3.05, 3.63) is 18.2 Å². The number of rotatable bonds is 4. The van der Waals surface area contributed by atoms with Gasteiger partial charge >= 0.3 is 10.2 Å². The van der Waals surface area contributed by atoms with Crippen LogP contribution in [-0.4, -0.2) is 38.0 Å². The monoisotopic (exact) mass is 272 g/mol. The molecule has 1 saturated heterocycles. The van der Waals surface area contributed by atoms with Crippen LogP contribution >= 0.6 is 0 Å². The zero-order valence-corrected chi connectivity index (χ0v) is 10.9. The van der Waals surface area contributed by atoms with Crippen LogP contribution in [0.2, 0.25) is 0 Å². The molecule has 7 heteroatoms. The third-order valence-corrected chi connectivity index (χ3v) is 4.37. The Morgan fingerprint density at radius 1 is 1.33 bits per heavy atom. The minimum absolute atomic E-state index is 0.0758. The molecule has 0 aromatic heterocycles. The highest BCUT2D eigenvalue weighted by atomic mass is 32.2. The Labute approximate surface area is 106 Å². The zero-order valence-electron chi connectivity index (χ0n) is 10.1. The molecule has 0 radical (unpaired) electrons. The van der Waals surface area contributed by atoms with E-state index >= 15 is 0 Å². The Kier molecular flexibility index (Phi) is 3.63. The lowest BCUT2D eigenvalue weighted by molar-refractivity contribution is 0.410. The molecule has 1 aliphatic heterocycles. The van der Waals surface area contributed by atoms with Gasteiger partial charge in [-0.3, -0.25) is 4.72 Å². The van der Waals surface area contributed by atoms with Crippen molar-refractivity contribution in [3.8, 4) is 11.5 Å². The van der Waals surface area contributed by atoms with Crippen LogP contribution in [0, 0.1) is 0 Å². The molecule has 100 valence electrons. The standard InChI is InChI=1S/C11H16N2O4S/c1-17-10-6-4-5-9(14)11(10)12-18(15,16)13-7-2-3-8-13/h4-6,12,14H,2-3,7-8H2,1H3. The first-order valence-electron chi connectivity index (χ1n) is 5.68. The van der Waals surface area contributed by atoms with Crippen molar-refractivity contribution in [1.82, 2.24) is 4.31 Å². The molecule has 18 heavy (non-hydrogen) atoms. The van der Waals surface area contributed by atoms with Gasteiger partial charge in [0.25, 0.3) is 0 Å². The molecule has 1 aromatic carbocycles. The lowest BCUT2D eigenvalue weighted by Gasteiger charge is -2.18. The van der Waals surface area contributed by atoms with Crippen LogP contribution in [0.3, 0.4) is 0 Å². The summed E-state index contributed by atoms with van der Waals surface area (Å²) < 4.78 is 32.9. The molecule has 0 atom stereocenters. The normalized spacial score (nSPS) is 16.7. The van der Waals surface area contributed by atoms with Gasteiger partial charge in [0.1, 0.15) is 17.2 Å². The predicted octanol–water partition coefficient (Wildman–Crippen LogP) is 1.15. The summed E-state index contributed by atoms with van der Waals surface area (Å²) in [7, 11) is -2.21. The molecule has 0 amide bonds. The number of phenolic OH excluding ortho intramolecular Hbond substituents is 1. The Morgan fingerprint density at radius 3 is 2.61 bits per heavy atom. The first kappa shape index (κ1) is 13.0. The summed E-state index contributed by atoms with van der Waals surface area (Å²) in [5.41, 5.74) is 0.0758. The van der Waals surface area contributed by atoms with E-state index in [2.05, 4.69) is 4.72 Å². The highest BCUT2D eigenvalue weighted by Crippen LogP contribution is 2.34. The molecular weight excluding hydrogens is 256 g/mol. The van der Waals surface area contributed by atoms with E-state index in [4.69, 9.17) is 4.74 Å². The lowest BCUT2D eigenvalue weighted by Crippen LogP contribution is -2.33. The maximum Gasteiger partial charge on any atom is 0.301 e. The third-order valence-electron chi connectivity index (χ3n) is 2.86. The van der Waals surface area contributed by atoms with Gasteiger partial charge in [-0.25, -0.2) is 0 Å².